The first kappa shape index (κ1) is 19.6. The third kappa shape index (κ3) is 4.40. The number of hydrogen-bond donors (Lipinski definition) is 2. The van der Waals surface area contributed by atoms with Crippen molar-refractivity contribution < 1.29 is 14.0 Å². The summed E-state index contributed by atoms with van der Waals surface area (Å²) in [5.41, 5.74) is 6.22. The van der Waals surface area contributed by atoms with Crippen LogP contribution in [0.25, 0.3) is 0 Å². The van der Waals surface area contributed by atoms with E-state index in [9.17, 15) is 14.0 Å². The van der Waals surface area contributed by atoms with Crippen molar-refractivity contribution in [3.63, 3.8) is 0 Å². The van der Waals surface area contributed by atoms with Gasteiger partial charge in [-0.1, -0.05) is 26.0 Å². The lowest BCUT2D eigenvalue weighted by Gasteiger charge is -2.44. The average Bonchev–Trinajstić information content (AvgIpc) is 2.65. The lowest BCUT2D eigenvalue weighted by molar-refractivity contribution is -0.140. The number of nitrogens with zero attached hydrogens (tertiary/aromatic N) is 2. The smallest absolute Gasteiger partial charge is 0.321 e. The number of carbonyl (C=O) groups excluding carboxylic acids is 2. The molecule has 0 aliphatic carbocycles. The van der Waals surface area contributed by atoms with Crippen molar-refractivity contribution in [1.82, 2.24) is 9.80 Å². The van der Waals surface area contributed by atoms with E-state index in [2.05, 4.69) is 19.2 Å². The normalized spacial score (nSPS) is 25.2. The lowest BCUT2D eigenvalue weighted by Crippen LogP contribution is -2.56. The molecule has 0 aromatic heterocycles. The molecule has 0 radical (unpaired) electrons. The second-order valence-corrected chi connectivity index (χ2v) is 8.34. The standard InChI is InChI=1S/C20H29FN4O2/c1-20(2)13-25(11-9-17(20)22)18(26)14-6-5-10-24(12-14)19(27)23-16-8-4-3-7-15(16)21/h3-4,7-8,14,17H,5-6,9-13,22H2,1-2H3,(H,23,27). The molecule has 3 rings (SSSR count). The summed E-state index contributed by atoms with van der Waals surface area (Å²) in [7, 11) is 0. The minimum atomic E-state index is -0.470. The number of carbonyl (C=O) groups is 2. The van der Waals surface area contributed by atoms with E-state index in [0.29, 0.717) is 26.2 Å². The van der Waals surface area contributed by atoms with Gasteiger partial charge in [-0.05, 0) is 36.8 Å². The highest BCUT2D eigenvalue weighted by molar-refractivity contribution is 5.90. The van der Waals surface area contributed by atoms with Crippen LogP contribution in [0.15, 0.2) is 24.3 Å². The number of benzene rings is 1. The molecule has 3 amide bonds. The highest BCUT2D eigenvalue weighted by atomic mass is 19.1. The number of nitrogens with two attached hydrogens (primary N) is 1. The summed E-state index contributed by atoms with van der Waals surface area (Å²) in [5.74, 6) is -0.587. The molecule has 7 heteroatoms. The first-order valence-electron chi connectivity index (χ1n) is 9.63. The number of hydrogen-bond acceptors (Lipinski definition) is 3. The molecule has 2 aliphatic heterocycles. The summed E-state index contributed by atoms with van der Waals surface area (Å²) in [4.78, 5) is 29.0. The number of anilines is 1. The van der Waals surface area contributed by atoms with Crippen molar-refractivity contribution in [2.75, 3.05) is 31.5 Å². The van der Waals surface area contributed by atoms with Crippen LogP contribution in [0, 0.1) is 17.2 Å². The zero-order chi connectivity index (χ0) is 19.6. The third-order valence-electron chi connectivity index (χ3n) is 5.80. The number of para-hydroxylation sites is 1. The highest BCUT2D eigenvalue weighted by Crippen LogP contribution is 2.30. The number of likely N-dealkylation sites (tertiary alicyclic amines) is 2. The van der Waals surface area contributed by atoms with Gasteiger partial charge in [0, 0.05) is 32.2 Å². The molecule has 0 saturated carbocycles. The van der Waals surface area contributed by atoms with Gasteiger partial charge >= 0.3 is 6.03 Å². The van der Waals surface area contributed by atoms with Gasteiger partial charge in [0.25, 0.3) is 0 Å². The molecule has 1 aromatic rings. The number of rotatable bonds is 2. The lowest BCUT2D eigenvalue weighted by atomic mass is 9.79. The Labute approximate surface area is 159 Å². The van der Waals surface area contributed by atoms with Gasteiger partial charge in [0.1, 0.15) is 5.82 Å². The van der Waals surface area contributed by atoms with Gasteiger partial charge in [0.2, 0.25) is 5.91 Å². The summed E-state index contributed by atoms with van der Waals surface area (Å²) in [5, 5.41) is 2.61. The highest BCUT2D eigenvalue weighted by Gasteiger charge is 2.38. The predicted octanol–water partition coefficient (Wildman–Crippen LogP) is 2.66. The van der Waals surface area contributed by atoms with E-state index in [0.717, 1.165) is 19.3 Å². The van der Waals surface area contributed by atoms with Gasteiger partial charge in [-0.3, -0.25) is 4.79 Å². The van der Waals surface area contributed by atoms with Gasteiger partial charge in [-0.15, -0.1) is 0 Å². The Kier molecular flexibility index (Phi) is 5.69. The molecule has 2 saturated heterocycles. The molecule has 6 nitrogen and oxygen atoms in total. The molecule has 0 spiro atoms. The summed E-state index contributed by atoms with van der Waals surface area (Å²) in [6.45, 7) is 6.42. The molecule has 2 unspecified atom stereocenters. The molecule has 2 aliphatic rings. The summed E-state index contributed by atoms with van der Waals surface area (Å²) < 4.78 is 13.8. The van der Waals surface area contributed by atoms with Crippen molar-refractivity contribution in [2.24, 2.45) is 17.1 Å². The molecule has 2 heterocycles. The minimum absolute atomic E-state index is 0.0935. The Morgan fingerprint density at radius 1 is 1.19 bits per heavy atom. The molecule has 0 bridgehead atoms. The van der Waals surface area contributed by atoms with E-state index in [1.54, 1.807) is 17.0 Å². The van der Waals surface area contributed by atoms with Crippen molar-refractivity contribution in [3.05, 3.63) is 30.1 Å². The average molecular weight is 376 g/mol. The molecular formula is C20H29FN4O2. The largest absolute Gasteiger partial charge is 0.342 e. The number of nitrogens with one attached hydrogen (secondary N) is 1. The Balaban J connectivity index is 1.61. The molecule has 1 aromatic carbocycles. The molecule has 27 heavy (non-hydrogen) atoms. The Morgan fingerprint density at radius 2 is 1.93 bits per heavy atom. The van der Waals surface area contributed by atoms with Crippen LogP contribution in [-0.2, 0) is 4.79 Å². The summed E-state index contributed by atoms with van der Waals surface area (Å²) in [6, 6.07) is 5.81. The maximum absolute atomic E-state index is 13.8. The number of amides is 3. The van der Waals surface area contributed by atoms with E-state index in [-0.39, 0.29) is 35.0 Å². The van der Waals surface area contributed by atoms with Crippen molar-refractivity contribution in [2.45, 2.75) is 39.2 Å². The van der Waals surface area contributed by atoms with Crippen LogP contribution in [-0.4, -0.2) is 54.0 Å². The second-order valence-electron chi connectivity index (χ2n) is 8.34. The van der Waals surface area contributed by atoms with E-state index in [1.807, 2.05) is 4.90 Å². The zero-order valence-electron chi connectivity index (χ0n) is 16.1. The number of urea groups is 1. The maximum Gasteiger partial charge on any atom is 0.321 e. The third-order valence-corrected chi connectivity index (χ3v) is 5.80. The first-order chi connectivity index (χ1) is 12.8. The van der Waals surface area contributed by atoms with E-state index in [4.69, 9.17) is 5.73 Å². The van der Waals surface area contributed by atoms with Crippen LogP contribution in [0.3, 0.4) is 0 Å². The van der Waals surface area contributed by atoms with Crippen LogP contribution in [0.5, 0.6) is 0 Å². The van der Waals surface area contributed by atoms with Crippen LogP contribution in [0.1, 0.15) is 33.1 Å². The molecule has 148 valence electrons. The van der Waals surface area contributed by atoms with E-state index >= 15 is 0 Å². The van der Waals surface area contributed by atoms with Crippen molar-refractivity contribution in [3.8, 4) is 0 Å². The van der Waals surface area contributed by atoms with E-state index < -0.39 is 5.82 Å². The van der Waals surface area contributed by atoms with Crippen LogP contribution in [0.2, 0.25) is 0 Å². The Bertz CT molecular complexity index is 709. The van der Waals surface area contributed by atoms with Crippen LogP contribution < -0.4 is 11.1 Å². The summed E-state index contributed by atoms with van der Waals surface area (Å²) >= 11 is 0. The fourth-order valence-corrected chi connectivity index (χ4v) is 3.94. The fourth-order valence-electron chi connectivity index (χ4n) is 3.94. The minimum Gasteiger partial charge on any atom is -0.342 e. The Morgan fingerprint density at radius 3 is 2.63 bits per heavy atom. The SMILES string of the molecule is CC1(C)CN(C(=O)C2CCCN(C(=O)Nc3ccccc3F)C2)CCC1N. The molecule has 3 N–H and O–H groups in total. The van der Waals surface area contributed by atoms with Gasteiger partial charge in [-0.2, -0.15) is 0 Å². The van der Waals surface area contributed by atoms with Gasteiger partial charge in [-0.25, -0.2) is 9.18 Å². The quantitative estimate of drug-likeness (QED) is 0.833. The number of piperidine rings is 2. The zero-order valence-corrected chi connectivity index (χ0v) is 16.1. The Hall–Kier alpha value is -2.15. The fraction of sp³-hybridized carbons (Fsp3) is 0.600. The maximum atomic E-state index is 13.8. The second kappa shape index (κ2) is 7.84. The van der Waals surface area contributed by atoms with Gasteiger partial charge < -0.3 is 20.9 Å². The van der Waals surface area contributed by atoms with E-state index in [1.165, 1.54) is 12.1 Å². The number of halogens is 1. The molecule has 2 fully saturated rings. The molecule has 2 atom stereocenters. The summed E-state index contributed by atoms with van der Waals surface area (Å²) in [6.07, 6.45) is 2.33. The van der Waals surface area contributed by atoms with Crippen molar-refractivity contribution in [1.29, 1.82) is 0 Å². The van der Waals surface area contributed by atoms with Crippen molar-refractivity contribution >= 4 is 17.6 Å². The van der Waals surface area contributed by atoms with Crippen LogP contribution >= 0.6 is 0 Å². The predicted molar refractivity (Wildman–Crippen MR) is 103 cm³/mol. The molecular weight excluding hydrogens is 347 g/mol. The monoisotopic (exact) mass is 376 g/mol. The van der Waals surface area contributed by atoms with Gasteiger partial charge in [0.05, 0.1) is 11.6 Å². The first-order valence-corrected chi connectivity index (χ1v) is 9.63. The van der Waals surface area contributed by atoms with Crippen LogP contribution in [0.4, 0.5) is 14.9 Å². The van der Waals surface area contributed by atoms with Gasteiger partial charge in [0.15, 0.2) is 0 Å². The topological polar surface area (TPSA) is 78.7 Å².